The highest BCUT2D eigenvalue weighted by Crippen LogP contribution is 2.32. The van der Waals surface area contributed by atoms with Crippen LogP contribution in [0.2, 0.25) is 0 Å². The van der Waals surface area contributed by atoms with E-state index in [-0.39, 0.29) is 0 Å². The Bertz CT molecular complexity index is 486. The number of hydrogen-bond donors (Lipinski definition) is 0. The van der Waals surface area contributed by atoms with E-state index in [1.165, 1.54) is 38.5 Å². The Kier molecular flexibility index (Phi) is 13.9. The van der Waals surface area contributed by atoms with Crippen LogP contribution in [0.15, 0.2) is 12.1 Å². The van der Waals surface area contributed by atoms with E-state index in [0.29, 0.717) is 23.6 Å². The van der Waals surface area contributed by atoms with Gasteiger partial charge >= 0.3 is 0 Å². The first-order valence-electron chi connectivity index (χ1n) is 11.2. The molecule has 1 aromatic carbocycles. The van der Waals surface area contributed by atoms with Crippen molar-refractivity contribution in [3.63, 3.8) is 0 Å². The highest BCUT2D eigenvalue weighted by Gasteiger charge is 2.15. The third kappa shape index (κ3) is 8.82. The van der Waals surface area contributed by atoms with Crippen molar-refractivity contribution in [2.75, 3.05) is 13.2 Å². The molecule has 1 rings (SSSR count). The zero-order valence-corrected chi connectivity index (χ0v) is 19.9. The van der Waals surface area contributed by atoms with Gasteiger partial charge in [0.05, 0.1) is 25.0 Å². The molecule has 0 N–H and O–H groups in total. The second-order valence-electron chi connectivity index (χ2n) is 7.79. The minimum Gasteiger partial charge on any atom is -0.493 e. The van der Waals surface area contributed by atoms with Crippen LogP contribution in [0.1, 0.15) is 90.2 Å². The van der Waals surface area contributed by atoms with Gasteiger partial charge in [-0.2, -0.15) is 0 Å². The summed E-state index contributed by atoms with van der Waals surface area (Å²) in [5.74, 6) is 3.70. The molecular weight excluding hydrogens is 391 g/mol. The predicted molar refractivity (Wildman–Crippen MR) is 123 cm³/mol. The van der Waals surface area contributed by atoms with Gasteiger partial charge in [-0.15, -0.1) is 23.2 Å². The van der Waals surface area contributed by atoms with Crippen LogP contribution in [0, 0.1) is 11.8 Å². The minimum atomic E-state index is 0.410. The third-order valence-corrected chi connectivity index (χ3v) is 6.14. The summed E-state index contributed by atoms with van der Waals surface area (Å²) in [5, 5.41) is 0. The van der Waals surface area contributed by atoms with Gasteiger partial charge in [-0.1, -0.05) is 66.2 Å². The van der Waals surface area contributed by atoms with Gasteiger partial charge in [0.15, 0.2) is 0 Å². The van der Waals surface area contributed by atoms with Crippen molar-refractivity contribution in [2.45, 2.75) is 90.8 Å². The van der Waals surface area contributed by atoms with Crippen LogP contribution >= 0.6 is 23.2 Å². The van der Waals surface area contributed by atoms with Crippen LogP contribution in [0.25, 0.3) is 0 Å². The molecule has 0 saturated heterocycles. The van der Waals surface area contributed by atoms with Crippen LogP contribution in [0.3, 0.4) is 0 Å². The summed E-state index contributed by atoms with van der Waals surface area (Å²) in [5.41, 5.74) is 1.97. The first-order chi connectivity index (χ1) is 13.6. The van der Waals surface area contributed by atoms with Crippen molar-refractivity contribution < 1.29 is 9.47 Å². The number of hydrogen-bond acceptors (Lipinski definition) is 2. The van der Waals surface area contributed by atoms with Crippen molar-refractivity contribution in [1.82, 2.24) is 0 Å². The second kappa shape index (κ2) is 15.3. The summed E-state index contributed by atoms with van der Waals surface area (Å²) in [4.78, 5) is 0. The molecule has 0 heterocycles. The summed E-state index contributed by atoms with van der Waals surface area (Å²) in [6, 6.07) is 4.05. The van der Waals surface area contributed by atoms with Gasteiger partial charge in [0.2, 0.25) is 0 Å². The molecule has 0 spiro atoms. The molecule has 2 nitrogen and oxygen atoms in total. The predicted octanol–water partition coefficient (Wildman–Crippen LogP) is 8.35. The quantitative estimate of drug-likeness (QED) is 0.245. The summed E-state index contributed by atoms with van der Waals surface area (Å²) >= 11 is 12.4. The molecule has 0 saturated carbocycles. The number of benzene rings is 1. The van der Waals surface area contributed by atoms with Gasteiger partial charge < -0.3 is 9.47 Å². The smallest absolute Gasteiger partial charge is 0.124 e. The molecular formula is C24H40Cl2O2. The van der Waals surface area contributed by atoms with Crippen molar-refractivity contribution in [1.29, 1.82) is 0 Å². The summed E-state index contributed by atoms with van der Waals surface area (Å²) in [6.07, 6.45) is 9.64. The largest absolute Gasteiger partial charge is 0.493 e. The molecule has 4 heteroatoms. The van der Waals surface area contributed by atoms with Crippen molar-refractivity contribution in [2.24, 2.45) is 11.8 Å². The summed E-state index contributed by atoms with van der Waals surface area (Å²) < 4.78 is 12.4. The lowest BCUT2D eigenvalue weighted by atomic mass is 10.0. The van der Waals surface area contributed by atoms with E-state index in [9.17, 15) is 0 Å². The number of alkyl halides is 2. The Hall–Kier alpha value is -0.600. The molecule has 0 amide bonds. The molecule has 162 valence electrons. The van der Waals surface area contributed by atoms with E-state index in [1.807, 2.05) is 12.1 Å². The average molecular weight is 431 g/mol. The average Bonchev–Trinajstić information content (AvgIpc) is 2.73. The van der Waals surface area contributed by atoms with Crippen LogP contribution in [0.4, 0.5) is 0 Å². The van der Waals surface area contributed by atoms with Crippen LogP contribution in [0.5, 0.6) is 11.5 Å². The van der Waals surface area contributed by atoms with Crippen molar-refractivity contribution in [3.05, 3.63) is 23.3 Å². The van der Waals surface area contributed by atoms with Gasteiger partial charge in [0, 0.05) is 11.1 Å². The molecule has 1 aromatic rings. The normalized spacial score (nSPS) is 13.4. The lowest BCUT2D eigenvalue weighted by Crippen LogP contribution is -2.14. The third-order valence-electron chi connectivity index (χ3n) is 5.57. The van der Waals surface area contributed by atoms with Crippen LogP contribution in [-0.2, 0) is 11.8 Å². The lowest BCUT2D eigenvalue weighted by Gasteiger charge is -2.21. The number of unbranched alkanes of at least 4 members (excludes halogenated alkanes) is 2. The highest BCUT2D eigenvalue weighted by atomic mass is 35.5. The van der Waals surface area contributed by atoms with Gasteiger partial charge in [-0.05, 0) is 36.8 Å². The van der Waals surface area contributed by atoms with E-state index in [1.54, 1.807) is 0 Å². The minimum absolute atomic E-state index is 0.410. The topological polar surface area (TPSA) is 18.5 Å². The SMILES string of the molecule is CCCCC(CC)COc1cc(CCl)c(OCC(CC)CCCC)cc1CCl. The Morgan fingerprint density at radius 3 is 1.39 bits per heavy atom. The Balaban J connectivity index is 2.83. The van der Waals surface area contributed by atoms with Crippen LogP contribution < -0.4 is 9.47 Å². The number of ether oxygens (including phenoxy) is 2. The highest BCUT2D eigenvalue weighted by molar-refractivity contribution is 6.18. The molecule has 2 unspecified atom stereocenters. The molecule has 0 fully saturated rings. The van der Waals surface area contributed by atoms with Gasteiger partial charge in [0.25, 0.3) is 0 Å². The number of rotatable bonds is 16. The van der Waals surface area contributed by atoms with E-state index >= 15 is 0 Å². The Labute approximate surface area is 183 Å². The van der Waals surface area contributed by atoms with Gasteiger partial charge in [0.1, 0.15) is 11.5 Å². The number of halogens is 2. The zero-order chi connectivity index (χ0) is 20.8. The molecule has 2 atom stereocenters. The standard InChI is InChI=1S/C24H40Cl2O2/c1-5-9-11-19(7-3)17-27-23-13-22(16-26)24(14-21(23)15-25)28-18-20(8-4)12-10-6-2/h13-14,19-20H,5-12,15-18H2,1-4H3. The molecule has 0 radical (unpaired) electrons. The lowest BCUT2D eigenvalue weighted by molar-refractivity contribution is 0.225. The maximum absolute atomic E-state index is 6.22. The molecule has 0 aromatic heterocycles. The monoisotopic (exact) mass is 430 g/mol. The van der Waals surface area contributed by atoms with E-state index < -0.39 is 0 Å². The molecule has 0 aliphatic rings. The van der Waals surface area contributed by atoms with Crippen LogP contribution in [-0.4, -0.2) is 13.2 Å². The summed E-state index contributed by atoms with van der Waals surface area (Å²) in [7, 11) is 0. The second-order valence-corrected chi connectivity index (χ2v) is 8.32. The maximum Gasteiger partial charge on any atom is 0.124 e. The fraction of sp³-hybridized carbons (Fsp3) is 0.750. The fourth-order valence-electron chi connectivity index (χ4n) is 3.33. The maximum atomic E-state index is 6.22. The molecule has 28 heavy (non-hydrogen) atoms. The van der Waals surface area contributed by atoms with Gasteiger partial charge in [-0.25, -0.2) is 0 Å². The molecule has 0 aliphatic heterocycles. The van der Waals surface area contributed by atoms with E-state index in [4.69, 9.17) is 32.7 Å². The van der Waals surface area contributed by atoms with Crippen molar-refractivity contribution >= 4 is 23.2 Å². The fourth-order valence-corrected chi connectivity index (χ4v) is 3.75. The van der Waals surface area contributed by atoms with E-state index in [2.05, 4.69) is 27.7 Å². The molecule has 0 aliphatic carbocycles. The molecule has 0 bridgehead atoms. The van der Waals surface area contributed by atoms with Gasteiger partial charge in [-0.3, -0.25) is 0 Å². The first-order valence-corrected chi connectivity index (χ1v) is 12.2. The Morgan fingerprint density at radius 1 is 0.714 bits per heavy atom. The zero-order valence-electron chi connectivity index (χ0n) is 18.4. The first kappa shape index (κ1) is 25.4. The van der Waals surface area contributed by atoms with E-state index in [0.717, 1.165) is 48.7 Å². The summed E-state index contributed by atoms with van der Waals surface area (Å²) in [6.45, 7) is 10.4. The van der Waals surface area contributed by atoms with Crippen molar-refractivity contribution in [3.8, 4) is 11.5 Å². The Morgan fingerprint density at radius 2 is 1.11 bits per heavy atom.